The molecule has 0 saturated carbocycles. The molecular formula is C12H14O3. The van der Waals surface area contributed by atoms with E-state index in [9.17, 15) is 4.79 Å². The summed E-state index contributed by atoms with van der Waals surface area (Å²) in [5.41, 5.74) is 1.06. The van der Waals surface area contributed by atoms with E-state index in [1.54, 1.807) is 32.2 Å². The second kappa shape index (κ2) is 5.20. The van der Waals surface area contributed by atoms with Crippen LogP contribution in [0.15, 0.2) is 30.8 Å². The van der Waals surface area contributed by atoms with Crippen LogP contribution >= 0.6 is 0 Å². The SMILES string of the molecule is C=C(C(=O)OCC)c1cccc(OC)c1. The second-order valence-corrected chi connectivity index (χ2v) is 2.93. The molecule has 15 heavy (non-hydrogen) atoms. The molecule has 0 N–H and O–H groups in total. The van der Waals surface area contributed by atoms with Crippen molar-refractivity contribution in [1.82, 2.24) is 0 Å². The van der Waals surface area contributed by atoms with Gasteiger partial charge in [-0.25, -0.2) is 4.79 Å². The van der Waals surface area contributed by atoms with Gasteiger partial charge in [0.25, 0.3) is 0 Å². The number of benzene rings is 1. The number of ether oxygens (including phenoxy) is 2. The molecule has 0 fully saturated rings. The van der Waals surface area contributed by atoms with E-state index in [1.165, 1.54) is 0 Å². The highest BCUT2D eigenvalue weighted by atomic mass is 16.5. The van der Waals surface area contributed by atoms with Crippen molar-refractivity contribution in [2.24, 2.45) is 0 Å². The number of hydrogen-bond acceptors (Lipinski definition) is 3. The van der Waals surface area contributed by atoms with Gasteiger partial charge in [0.2, 0.25) is 0 Å². The Morgan fingerprint density at radius 1 is 1.47 bits per heavy atom. The first-order chi connectivity index (χ1) is 7.19. The van der Waals surface area contributed by atoms with E-state index < -0.39 is 5.97 Å². The van der Waals surface area contributed by atoms with Gasteiger partial charge < -0.3 is 9.47 Å². The van der Waals surface area contributed by atoms with Gasteiger partial charge in [-0.1, -0.05) is 18.7 Å². The lowest BCUT2D eigenvalue weighted by molar-refractivity contribution is -0.136. The average molecular weight is 206 g/mol. The van der Waals surface area contributed by atoms with Crippen molar-refractivity contribution in [3.63, 3.8) is 0 Å². The Morgan fingerprint density at radius 2 is 2.20 bits per heavy atom. The maximum Gasteiger partial charge on any atom is 0.338 e. The van der Waals surface area contributed by atoms with Crippen molar-refractivity contribution in [3.8, 4) is 5.75 Å². The largest absolute Gasteiger partial charge is 0.497 e. The zero-order chi connectivity index (χ0) is 11.3. The Bertz CT molecular complexity index is 369. The Balaban J connectivity index is 2.86. The summed E-state index contributed by atoms with van der Waals surface area (Å²) < 4.78 is 9.90. The zero-order valence-electron chi connectivity index (χ0n) is 8.95. The minimum Gasteiger partial charge on any atom is -0.497 e. The molecular weight excluding hydrogens is 192 g/mol. The van der Waals surface area contributed by atoms with Crippen molar-refractivity contribution >= 4 is 11.5 Å². The molecule has 1 aromatic rings. The summed E-state index contributed by atoms with van der Waals surface area (Å²) >= 11 is 0. The van der Waals surface area contributed by atoms with Gasteiger partial charge in [-0.3, -0.25) is 0 Å². The first kappa shape index (κ1) is 11.3. The van der Waals surface area contributed by atoms with E-state index in [0.29, 0.717) is 23.5 Å². The summed E-state index contributed by atoms with van der Waals surface area (Å²) in [5.74, 6) is 0.295. The standard InChI is InChI=1S/C12H14O3/c1-4-15-12(13)9(2)10-6-5-7-11(8-10)14-3/h5-8H,2,4H2,1,3H3. The fourth-order valence-electron chi connectivity index (χ4n) is 1.15. The molecule has 0 radical (unpaired) electrons. The highest BCUT2D eigenvalue weighted by molar-refractivity contribution is 6.15. The Morgan fingerprint density at radius 3 is 2.80 bits per heavy atom. The lowest BCUT2D eigenvalue weighted by atomic mass is 10.1. The molecule has 1 aromatic carbocycles. The topological polar surface area (TPSA) is 35.5 Å². The number of carbonyl (C=O) groups is 1. The Kier molecular flexibility index (Phi) is 3.92. The monoisotopic (exact) mass is 206 g/mol. The maximum absolute atomic E-state index is 11.4. The minimum absolute atomic E-state index is 0.343. The number of carbonyl (C=O) groups excluding carboxylic acids is 1. The molecule has 0 aliphatic heterocycles. The van der Waals surface area contributed by atoms with Crippen molar-refractivity contribution in [3.05, 3.63) is 36.4 Å². The van der Waals surface area contributed by atoms with Gasteiger partial charge in [-0.15, -0.1) is 0 Å². The van der Waals surface area contributed by atoms with Crippen LogP contribution in [0.25, 0.3) is 5.57 Å². The first-order valence-electron chi connectivity index (χ1n) is 4.69. The quantitative estimate of drug-likeness (QED) is 0.560. The van der Waals surface area contributed by atoms with Gasteiger partial charge >= 0.3 is 5.97 Å². The highest BCUT2D eigenvalue weighted by Gasteiger charge is 2.10. The smallest absolute Gasteiger partial charge is 0.338 e. The van der Waals surface area contributed by atoms with Crippen LogP contribution in [0, 0.1) is 0 Å². The number of esters is 1. The molecule has 3 nitrogen and oxygen atoms in total. The molecule has 80 valence electrons. The molecule has 0 bridgehead atoms. The first-order valence-corrected chi connectivity index (χ1v) is 4.69. The lowest BCUT2D eigenvalue weighted by Gasteiger charge is -2.06. The van der Waals surface area contributed by atoms with E-state index in [2.05, 4.69) is 6.58 Å². The summed E-state index contributed by atoms with van der Waals surface area (Å²) in [5, 5.41) is 0. The predicted molar refractivity (Wildman–Crippen MR) is 58.7 cm³/mol. The average Bonchev–Trinajstić information content (AvgIpc) is 2.28. The van der Waals surface area contributed by atoms with Crippen molar-refractivity contribution in [2.75, 3.05) is 13.7 Å². The molecule has 0 heterocycles. The van der Waals surface area contributed by atoms with Gasteiger partial charge in [0.15, 0.2) is 0 Å². The summed E-state index contributed by atoms with van der Waals surface area (Å²) in [6.07, 6.45) is 0. The molecule has 0 saturated heterocycles. The van der Waals surface area contributed by atoms with E-state index >= 15 is 0 Å². The van der Waals surface area contributed by atoms with Gasteiger partial charge in [0.05, 0.1) is 19.3 Å². The van der Waals surface area contributed by atoms with E-state index in [1.807, 2.05) is 6.07 Å². The molecule has 0 atom stereocenters. The van der Waals surface area contributed by atoms with Crippen LogP contribution in [0.5, 0.6) is 5.75 Å². The van der Waals surface area contributed by atoms with Gasteiger partial charge in [0.1, 0.15) is 5.75 Å². The number of rotatable bonds is 4. The molecule has 0 amide bonds. The summed E-state index contributed by atoms with van der Waals surface area (Å²) in [6, 6.07) is 7.15. The van der Waals surface area contributed by atoms with Crippen LogP contribution in [0.3, 0.4) is 0 Å². The minimum atomic E-state index is -0.397. The van der Waals surface area contributed by atoms with E-state index in [-0.39, 0.29) is 0 Å². The normalized spacial score (nSPS) is 9.47. The van der Waals surface area contributed by atoms with E-state index in [0.717, 1.165) is 0 Å². The molecule has 0 spiro atoms. The fourth-order valence-corrected chi connectivity index (χ4v) is 1.15. The van der Waals surface area contributed by atoms with Crippen LogP contribution in [-0.2, 0) is 9.53 Å². The molecule has 0 aromatic heterocycles. The zero-order valence-corrected chi connectivity index (χ0v) is 8.95. The third-order valence-electron chi connectivity index (χ3n) is 1.94. The lowest BCUT2D eigenvalue weighted by Crippen LogP contribution is -2.05. The summed E-state index contributed by atoms with van der Waals surface area (Å²) in [7, 11) is 1.58. The van der Waals surface area contributed by atoms with Crippen LogP contribution < -0.4 is 4.74 Å². The highest BCUT2D eigenvalue weighted by Crippen LogP contribution is 2.19. The second-order valence-electron chi connectivity index (χ2n) is 2.93. The van der Waals surface area contributed by atoms with E-state index in [4.69, 9.17) is 9.47 Å². The van der Waals surface area contributed by atoms with Gasteiger partial charge in [-0.2, -0.15) is 0 Å². The number of hydrogen-bond donors (Lipinski definition) is 0. The van der Waals surface area contributed by atoms with Crippen LogP contribution in [-0.4, -0.2) is 19.7 Å². The predicted octanol–water partition coefficient (Wildman–Crippen LogP) is 2.27. The molecule has 0 unspecified atom stereocenters. The van der Waals surface area contributed by atoms with Crippen molar-refractivity contribution in [2.45, 2.75) is 6.92 Å². The van der Waals surface area contributed by atoms with Gasteiger partial charge in [-0.05, 0) is 24.6 Å². The molecule has 0 aliphatic rings. The van der Waals surface area contributed by atoms with Crippen molar-refractivity contribution < 1.29 is 14.3 Å². The van der Waals surface area contributed by atoms with Crippen LogP contribution in [0.4, 0.5) is 0 Å². The molecule has 0 aliphatic carbocycles. The molecule has 3 heteroatoms. The van der Waals surface area contributed by atoms with Crippen LogP contribution in [0.1, 0.15) is 12.5 Å². The molecule has 1 rings (SSSR count). The third-order valence-corrected chi connectivity index (χ3v) is 1.94. The fraction of sp³-hybridized carbons (Fsp3) is 0.250. The Hall–Kier alpha value is -1.77. The van der Waals surface area contributed by atoms with Crippen LogP contribution in [0.2, 0.25) is 0 Å². The summed E-state index contributed by atoms with van der Waals surface area (Å²) in [6.45, 7) is 5.80. The van der Waals surface area contributed by atoms with Crippen molar-refractivity contribution in [1.29, 1.82) is 0 Å². The maximum atomic E-state index is 11.4. The Labute approximate surface area is 89.3 Å². The summed E-state index contributed by atoms with van der Waals surface area (Å²) in [4.78, 5) is 11.4. The third kappa shape index (κ3) is 2.84. The van der Waals surface area contributed by atoms with Gasteiger partial charge in [0, 0.05) is 0 Å². The number of methoxy groups -OCH3 is 1.